The molecule has 0 heteroatoms. The summed E-state index contributed by atoms with van der Waals surface area (Å²) in [6.45, 7) is 2.30. The standard InChI is InChI=1S/C32H48/c1-2-3-4-5-6-7-8-9-10-11-15-21-30(27-26-28-19-13-12-14-20-28)32-25-18-23-29-22-16-17-24-31(29)32/h12-14,18-20,23,25,30H,2-11,15-17,21-22,24,26-27H2,1H3. The van der Waals surface area contributed by atoms with E-state index in [-0.39, 0.29) is 0 Å². The average Bonchev–Trinajstić information content (AvgIpc) is 2.85. The van der Waals surface area contributed by atoms with Crippen molar-refractivity contribution in [1.29, 1.82) is 0 Å². The molecule has 0 amide bonds. The van der Waals surface area contributed by atoms with E-state index in [9.17, 15) is 0 Å². The Bertz CT molecular complexity index is 729. The van der Waals surface area contributed by atoms with Crippen molar-refractivity contribution in [3.05, 3.63) is 70.8 Å². The van der Waals surface area contributed by atoms with E-state index in [4.69, 9.17) is 0 Å². The number of rotatable bonds is 16. The van der Waals surface area contributed by atoms with Gasteiger partial charge in [0, 0.05) is 0 Å². The Kier molecular flexibility index (Phi) is 12.0. The zero-order valence-corrected chi connectivity index (χ0v) is 20.9. The first kappa shape index (κ1) is 25.1. The maximum absolute atomic E-state index is 2.47. The van der Waals surface area contributed by atoms with Crippen molar-refractivity contribution < 1.29 is 0 Å². The lowest BCUT2D eigenvalue weighted by Gasteiger charge is -2.25. The molecule has 3 rings (SSSR count). The minimum atomic E-state index is 0.738. The van der Waals surface area contributed by atoms with Crippen LogP contribution in [-0.4, -0.2) is 0 Å². The molecule has 0 radical (unpaired) electrons. The second-order valence-electron chi connectivity index (χ2n) is 10.2. The molecule has 1 aliphatic carbocycles. The summed E-state index contributed by atoms with van der Waals surface area (Å²) in [6.07, 6.45) is 25.0. The Morgan fingerprint density at radius 2 is 1.28 bits per heavy atom. The molecule has 0 nitrogen and oxygen atoms in total. The highest BCUT2D eigenvalue weighted by atomic mass is 14.2. The highest BCUT2D eigenvalue weighted by molar-refractivity contribution is 5.39. The van der Waals surface area contributed by atoms with Gasteiger partial charge in [0.05, 0.1) is 0 Å². The van der Waals surface area contributed by atoms with Gasteiger partial charge in [-0.15, -0.1) is 0 Å². The van der Waals surface area contributed by atoms with Gasteiger partial charge in [-0.3, -0.25) is 0 Å². The topological polar surface area (TPSA) is 0 Å². The predicted molar refractivity (Wildman–Crippen MR) is 142 cm³/mol. The smallest absolute Gasteiger partial charge is 0.0156 e. The van der Waals surface area contributed by atoms with Crippen LogP contribution in [0.2, 0.25) is 0 Å². The molecule has 0 aromatic heterocycles. The molecule has 32 heavy (non-hydrogen) atoms. The summed E-state index contributed by atoms with van der Waals surface area (Å²) in [5.41, 5.74) is 6.57. The van der Waals surface area contributed by atoms with E-state index in [0.29, 0.717) is 0 Å². The summed E-state index contributed by atoms with van der Waals surface area (Å²) < 4.78 is 0. The van der Waals surface area contributed by atoms with Gasteiger partial charge < -0.3 is 0 Å². The van der Waals surface area contributed by atoms with Crippen LogP contribution >= 0.6 is 0 Å². The third-order valence-electron chi connectivity index (χ3n) is 7.65. The largest absolute Gasteiger partial charge is 0.0654 e. The van der Waals surface area contributed by atoms with Gasteiger partial charge in [0.15, 0.2) is 0 Å². The van der Waals surface area contributed by atoms with Gasteiger partial charge in [0.1, 0.15) is 0 Å². The number of benzene rings is 2. The molecule has 1 aliphatic rings. The average molecular weight is 433 g/mol. The molecular weight excluding hydrogens is 384 g/mol. The summed E-state index contributed by atoms with van der Waals surface area (Å²) in [5.74, 6) is 0.738. The maximum Gasteiger partial charge on any atom is -0.0156 e. The van der Waals surface area contributed by atoms with Gasteiger partial charge in [0.2, 0.25) is 0 Å². The van der Waals surface area contributed by atoms with E-state index in [0.717, 1.165) is 5.92 Å². The minimum absolute atomic E-state index is 0.738. The van der Waals surface area contributed by atoms with Gasteiger partial charge in [-0.1, -0.05) is 126 Å². The molecule has 0 spiro atoms. The van der Waals surface area contributed by atoms with Crippen LogP contribution in [0.4, 0.5) is 0 Å². The first-order valence-corrected chi connectivity index (χ1v) is 14.0. The zero-order valence-electron chi connectivity index (χ0n) is 20.9. The Labute approximate surface area is 199 Å². The molecule has 0 aliphatic heterocycles. The van der Waals surface area contributed by atoms with Crippen LogP contribution in [-0.2, 0) is 19.3 Å². The summed E-state index contributed by atoms with van der Waals surface area (Å²) in [7, 11) is 0. The van der Waals surface area contributed by atoms with Crippen LogP contribution in [0.15, 0.2) is 48.5 Å². The highest BCUT2D eigenvalue weighted by Gasteiger charge is 2.19. The number of unbranched alkanes of at least 4 members (excludes halogenated alkanes) is 10. The molecule has 0 fully saturated rings. The van der Waals surface area contributed by atoms with Crippen molar-refractivity contribution in [3.63, 3.8) is 0 Å². The van der Waals surface area contributed by atoms with Gasteiger partial charge in [-0.25, -0.2) is 0 Å². The van der Waals surface area contributed by atoms with Crippen molar-refractivity contribution in [2.75, 3.05) is 0 Å². The van der Waals surface area contributed by atoms with E-state index < -0.39 is 0 Å². The number of aryl methyl sites for hydroxylation is 2. The van der Waals surface area contributed by atoms with E-state index in [2.05, 4.69) is 55.5 Å². The molecule has 1 atom stereocenters. The fourth-order valence-corrected chi connectivity index (χ4v) is 5.69. The second-order valence-corrected chi connectivity index (χ2v) is 10.2. The lowest BCUT2D eigenvalue weighted by Crippen LogP contribution is -2.11. The van der Waals surface area contributed by atoms with Crippen LogP contribution in [0.1, 0.15) is 131 Å². The number of hydrogen-bond donors (Lipinski definition) is 0. The fourth-order valence-electron chi connectivity index (χ4n) is 5.69. The first-order chi connectivity index (χ1) is 15.9. The molecule has 0 N–H and O–H groups in total. The van der Waals surface area contributed by atoms with E-state index >= 15 is 0 Å². The SMILES string of the molecule is CCCCCCCCCCCCCC(CCc1ccccc1)c1cccc2c1CCCC2. The van der Waals surface area contributed by atoms with Crippen LogP contribution < -0.4 is 0 Å². The highest BCUT2D eigenvalue weighted by Crippen LogP contribution is 2.35. The first-order valence-electron chi connectivity index (χ1n) is 14.0. The molecular formula is C32H48. The quantitative estimate of drug-likeness (QED) is 0.231. The third kappa shape index (κ3) is 8.76. The number of hydrogen-bond acceptors (Lipinski definition) is 0. The number of fused-ring (bicyclic) bond motifs is 1. The van der Waals surface area contributed by atoms with Crippen LogP contribution in [0.5, 0.6) is 0 Å². The molecule has 176 valence electrons. The molecule has 0 bridgehead atoms. The Morgan fingerprint density at radius 3 is 2.00 bits per heavy atom. The predicted octanol–water partition coefficient (Wildman–Crippen LogP) is 9.98. The fraction of sp³-hybridized carbons (Fsp3) is 0.625. The summed E-state index contributed by atoms with van der Waals surface area (Å²) in [5, 5.41) is 0. The molecule has 0 saturated heterocycles. The van der Waals surface area contributed by atoms with Crippen molar-refractivity contribution >= 4 is 0 Å². The van der Waals surface area contributed by atoms with Crippen molar-refractivity contribution in [1.82, 2.24) is 0 Å². The Hall–Kier alpha value is -1.56. The Balaban J connectivity index is 1.45. The van der Waals surface area contributed by atoms with Crippen LogP contribution in [0, 0.1) is 0 Å². The molecule has 1 unspecified atom stereocenters. The molecule has 0 heterocycles. The lowest BCUT2D eigenvalue weighted by molar-refractivity contribution is 0.503. The van der Waals surface area contributed by atoms with Gasteiger partial charge in [0.25, 0.3) is 0 Å². The maximum atomic E-state index is 2.47. The third-order valence-corrected chi connectivity index (χ3v) is 7.65. The monoisotopic (exact) mass is 432 g/mol. The van der Waals surface area contributed by atoms with E-state index in [1.807, 2.05) is 0 Å². The summed E-state index contributed by atoms with van der Waals surface area (Å²) in [6, 6.07) is 18.3. The van der Waals surface area contributed by atoms with E-state index in [1.54, 1.807) is 16.7 Å². The molecule has 2 aromatic carbocycles. The molecule has 0 saturated carbocycles. The van der Waals surface area contributed by atoms with Gasteiger partial charge in [-0.05, 0) is 73.1 Å². The minimum Gasteiger partial charge on any atom is -0.0654 e. The summed E-state index contributed by atoms with van der Waals surface area (Å²) in [4.78, 5) is 0. The normalized spacial score (nSPS) is 14.3. The summed E-state index contributed by atoms with van der Waals surface area (Å²) >= 11 is 0. The van der Waals surface area contributed by atoms with Gasteiger partial charge in [-0.2, -0.15) is 0 Å². The lowest BCUT2D eigenvalue weighted by atomic mass is 9.80. The molecule has 2 aromatic rings. The zero-order chi connectivity index (χ0) is 22.3. The second kappa shape index (κ2) is 15.3. The van der Waals surface area contributed by atoms with Crippen LogP contribution in [0.3, 0.4) is 0 Å². The van der Waals surface area contributed by atoms with Crippen molar-refractivity contribution in [2.45, 2.75) is 128 Å². The van der Waals surface area contributed by atoms with Gasteiger partial charge >= 0.3 is 0 Å². The van der Waals surface area contributed by atoms with E-state index in [1.165, 1.54) is 121 Å². The Morgan fingerprint density at radius 1 is 0.625 bits per heavy atom. The van der Waals surface area contributed by atoms with Crippen molar-refractivity contribution in [2.24, 2.45) is 0 Å². The van der Waals surface area contributed by atoms with Crippen molar-refractivity contribution in [3.8, 4) is 0 Å². The van der Waals surface area contributed by atoms with Crippen LogP contribution in [0.25, 0.3) is 0 Å².